The molecule has 0 saturated heterocycles. The minimum absolute atomic E-state index is 0.0365. The number of hydrogen-bond donors (Lipinski definition) is 1. The van der Waals surface area contributed by atoms with Gasteiger partial charge in [-0.3, -0.25) is 9.78 Å². The second kappa shape index (κ2) is 9.37. The number of hydrogen-bond acceptors (Lipinski definition) is 10. The number of nitrogens with zero attached hydrogens (tertiary/aromatic N) is 4. The molecule has 3 aromatic heterocycles. The average molecular weight is 474 g/mol. The number of amides is 1. The average Bonchev–Trinajstić information content (AvgIpc) is 3.48. The van der Waals surface area contributed by atoms with Crippen molar-refractivity contribution >= 4 is 44.5 Å². The Morgan fingerprint density at radius 1 is 1.06 bits per heavy atom. The highest BCUT2D eigenvalue weighted by Gasteiger charge is 2.20. The monoisotopic (exact) mass is 473 g/mol. The third-order valence-electron chi connectivity index (χ3n) is 3.98. The van der Waals surface area contributed by atoms with E-state index in [9.17, 15) is 13.2 Å². The van der Waals surface area contributed by atoms with Gasteiger partial charge in [-0.1, -0.05) is 11.8 Å². The highest BCUT2D eigenvalue weighted by Crippen LogP contribution is 2.25. The summed E-state index contributed by atoms with van der Waals surface area (Å²) in [6, 6.07) is 9.52. The van der Waals surface area contributed by atoms with Crippen LogP contribution in [0.3, 0.4) is 0 Å². The summed E-state index contributed by atoms with van der Waals surface area (Å²) in [6.45, 7) is 0. The van der Waals surface area contributed by atoms with Crippen molar-refractivity contribution < 1.29 is 17.6 Å². The lowest BCUT2D eigenvalue weighted by Crippen LogP contribution is -2.12. The summed E-state index contributed by atoms with van der Waals surface area (Å²) in [5, 5.41) is 12.7. The molecule has 0 atom stereocenters. The third-order valence-corrected chi connectivity index (χ3v) is 7.77. The fraction of sp³-hybridized carbons (Fsp3) is 0.105. The maximum absolute atomic E-state index is 12.4. The molecule has 158 valence electrons. The molecule has 1 aromatic carbocycles. The predicted molar refractivity (Wildman–Crippen MR) is 116 cm³/mol. The number of carbonyl (C=O) groups excluding carboxylic acids is 1. The maximum Gasteiger partial charge on any atom is 0.276 e. The van der Waals surface area contributed by atoms with E-state index in [1.807, 2.05) is 0 Å². The van der Waals surface area contributed by atoms with Crippen LogP contribution in [0.2, 0.25) is 0 Å². The summed E-state index contributed by atoms with van der Waals surface area (Å²) in [6.07, 6.45) is 4.94. The number of thiazole rings is 1. The van der Waals surface area contributed by atoms with E-state index in [1.54, 1.807) is 42.0 Å². The van der Waals surface area contributed by atoms with Gasteiger partial charge in [-0.2, -0.15) is 0 Å². The summed E-state index contributed by atoms with van der Waals surface area (Å²) in [5.41, 5.74) is 1.28. The van der Waals surface area contributed by atoms with Crippen LogP contribution in [0.1, 0.15) is 6.42 Å². The molecule has 12 heteroatoms. The van der Waals surface area contributed by atoms with Gasteiger partial charge >= 0.3 is 0 Å². The van der Waals surface area contributed by atoms with E-state index in [2.05, 4.69) is 25.5 Å². The Labute approximate surface area is 185 Å². The number of anilines is 1. The van der Waals surface area contributed by atoms with Crippen LogP contribution in [0.5, 0.6) is 0 Å². The molecule has 0 bridgehead atoms. The second-order valence-corrected chi connectivity index (χ2v) is 10.1. The van der Waals surface area contributed by atoms with E-state index in [-0.39, 0.29) is 21.6 Å². The SMILES string of the molecule is O=C(CCSc1nnc(-c2ccncc2)o1)Nc1ccc(S(=O)(=O)c2nccs2)cc1. The number of aromatic nitrogens is 4. The number of rotatable bonds is 8. The number of thioether (sulfide) groups is 1. The number of carbonyl (C=O) groups is 1. The van der Waals surface area contributed by atoms with Crippen molar-refractivity contribution in [2.75, 3.05) is 11.1 Å². The zero-order valence-electron chi connectivity index (χ0n) is 15.8. The Kier molecular flexibility index (Phi) is 6.39. The second-order valence-electron chi connectivity index (χ2n) is 6.08. The highest BCUT2D eigenvalue weighted by atomic mass is 32.2. The van der Waals surface area contributed by atoms with Crippen molar-refractivity contribution in [3.05, 3.63) is 60.4 Å². The topological polar surface area (TPSA) is 128 Å². The summed E-state index contributed by atoms with van der Waals surface area (Å²) in [5.74, 6) is 0.624. The normalized spacial score (nSPS) is 11.4. The quantitative estimate of drug-likeness (QED) is 0.382. The lowest BCUT2D eigenvalue weighted by molar-refractivity contribution is -0.115. The molecule has 0 aliphatic carbocycles. The Morgan fingerprint density at radius 2 is 1.84 bits per heavy atom. The molecule has 0 saturated carbocycles. The number of nitrogens with one attached hydrogen (secondary N) is 1. The van der Waals surface area contributed by atoms with E-state index in [0.29, 0.717) is 22.6 Å². The molecule has 0 spiro atoms. The lowest BCUT2D eigenvalue weighted by Gasteiger charge is -2.06. The molecule has 0 radical (unpaired) electrons. The van der Waals surface area contributed by atoms with Crippen molar-refractivity contribution in [3.63, 3.8) is 0 Å². The molecule has 4 rings (SSSR count). The van der Waals surface area contributed by atoms with Crippen LogP contribution in [0.15, 0.2) is 79.2 Å². The van der Waals surface area contributed by atoms with Gasteiger partial charge in [0.05, 0.1) is 4.90 Å². The van der Waals surface area contributed by atoms with Gasteiger partial charge in [0.25, 0.3) is 5.22 Å². The molecule has 1 N–H and O–H groups in total. The molecule has 0 aliphatic heterocycles. The Morgan fingerprint density at radius 3 is 2.55 bits per heavy atom. The van der Waals surface area contributed by atoms with E-state index >= 15 is 0 Å². The maximum atomic E-state index is 12.4. The van der Waals surface area contributed by atoms with Crippen molar-refractivity contribution in [1.82, 2.24) is 20.2 Å². The van der Waals surface area contributed by atoms with Gasteiger partial charge in [-0.15, -0.1) is 21.5 Å². The molecular weight excluding hydrogens is 458 g/mol. The summed E-state index contributed by atoms with van der Waals surface area (Å²) >= 11 is 2.33. The van der Waals surface area contributed by atoms with Crippen LogP contribution in [-0.4, -0.2) is 40.2 Å². The first-order valence-corrected chi connectivity index (χ1v) is 12.3. The summed E-state index contributed by atoms with van der Waals surface area (Å²) < 4.78 is 30.5. The lowest BCUT2D eigenvalue weighted by atomic mass is 10.3. The fourth-order valence-electron chi connectivity index (χ4n) is 2.50. The number of sulfone groups is 1. The standard InChI is InChI=1S/C19H15N5O4S3/c25-16(7-11-29-18-24-23-17(28-18)13-5-8-20-9-6-13)22-14-1-3-15(4-2-14)31(26,27)19-21-10-12-30-19/h1-6,8-10,12H,7,11H2,(H,22,25). The molecule has 0 aliphatic rings. The van der Waals surface area contributed by atoms with Gasteiger partial charge < -0.3 is 9.73 Å². The molecule has 31 heavy (non-hydrogen) atoms. The Bertz CT molecular complexity index is 1260. The minimum atomic E-state index is -3.64. The van der Waals surface area contributed by atoms with Crippen LogP contribution < -0.4 is 5.32 Å². The molecule has 3 heterocycles. The van der Waals surface area contributed by atoms with Crippen LogP contribution in [0.25, 0.3) is 11.5 Å². The van der Waals surface area contributed by atoms with Crippen LogP contribution in [0, 0.1) is 0 Å². The smallest absolute Gasteiger partial charge is 0.276 e. The first-order chi connectivity index (χ1) is 15.0. The fourth-order valence-corrected chi connectivity index (χ4v) is 5.41. The Balaban J connectivity index is 1.28. The van der Waals surface area contributed by atoms with Crippen molar-refractivity contribution in [2.24, 2.45) is 0 Å². The van der Waals surface area contributed by atoms with Crippen LogP contribution in [0.4, 0.5) is 5.69 Å². The van der Waals surface area contributed by atoms with E-state index < -0.39 is 9.84 Å². The van der Waals surface area contributed by atoms with Gasteiger partial charge in [-0.05, 0) is 36.4 Å². The summed E-state index contributed by atoms with van der Waals surface area (Å²) in [4.78, 5) is 20.1. The van der Waals surface area contributed by atoms with Gasteiger partial charge in [0.2, 0.25) is 26.0 Å². The van der Waals surface area contributed by atoms with Gasteiger partial charge in [0.15, 0.2) is 0 Å². The van der Waals surface area contributed by atoms with Crippen molar-refractivity contribution in [1.29, 1.82) is 0 Å². The van der Waals surface area contributed by atoms with E-state index in [1.165, 1.54) is 30.1 Å². The molecule has 0 unspecified atom stereocenters. The Hall–Kier alpha value is -3.09. The number of pyridine rings is 1. The number of benzene rings is 1. The van der Waals surface area contributed by atoms with Gasteiger partial charge in [-0.25, -0.2) is 13.4 Å². The van der Waals surface area contributed by atoms with Crippen molar-refractivity contribution in [3.8, 4) is 11.5 Å². The molecule has 1 amide bonds. The third kappa shape index (κ3) is 5.16. The largest absolute Gasteiger partial charge is 0.411 e. The first kappa shape index (κ1) is 21.2. The predicted octanol–water partition coefficient (Wildman–Crippen LogP) is 3.54. The van der Waals surface area contributed by atoms with E-state index in [0.717, 1.165) is 16.9 Å². The molecule has 4 aromatic rings. The van der Waals surface area contributed by atoms with E-state index in [4.69, 9.17) is 4.42 Å². The van der Waals surface area contributed by atoms with Crippen LogP contribution >= 0.6 is 23.1 Å². The van der Waals surface area contributed by atoms with Crippen molar-refractivity contribution in [2.45, 2.75) is 20.9 Å². The molecule has 0 fully saturated rings. The zero-order valence-corrected chi connectivity index (χ0v) is 18.3. The first-order valence-electron chi connectivity index (χ1n) is 8.93. The molecule has 9 nitrogen and oxygen atoms in total. The zero-order chi connectivity index (χ0) is 21.7. The summed E-state index contributed by atoms with van der Waals surface area (Å²) in [7, 11) is -3.64. The van der Waals surface area contributed by atoms with Gasteiger partial charge in [0.1, 0.15) is 0 Å². The molecular formula is C19H15N5O4S3. The van der Waals surface area contributed by atoms with Crippen LogP contribution in [-0.2, 0) is 14.6 Å². The van der Waals surface area contributed by atoms with Gasteiger partial charge in [0, 0.05) is 47.4 Å². The minimum Gasteiger partial charge on any atom is -0.411 e. The highest BCUT2D eigenvalue weighted by molar-refractivity contribution is 7.99.